The van der Waals surface area contributed by atoms with Gasteiger partial charge in [0.1, 0.15) is 48.8 Å². The number of aliphatic hydroxyl groups excluding tert-OH is 8. The van der Waals surface area contributed by atoms with Gasteiger partial charge in [-0.15, -0.1) is 0 Å². The number of aliphatic hydroxyl groups is 8. The van der Waals surface area contributed by atoms with Gasteiger partial charge in [0.25, 0.3) is 0 Å². The average molecular weight is 992 g/mol. The number of amides is 1. The molecule has 2 aliphatic rings. The minimum Gasteiger partial charge on any atom is -0.394 e. The van der Waals surface area contributed by atoms with Gasteiger partial charge >= 0.3 is 0 Å². The third kappa shape index (κ3) is 28.0. The third-order valence-corrected chi connectivity index (χ3v) is 12.9. The number of allylic oxidation sites excluding steroid dienone is 12. The van der Waals surface area contributed by atoms with Crippen molar-refractivity contribution in [2.75, 3.05) is 19.8 Å². The van der Waals surface area contributed by atoms with Crippen LogP contribution in [0.3, 0.4) is 0 Å². The molecule has 70 heavy (non-hydrogen) atoms. The number of rotatable bonds is 41. The highest BCUT2D eigenvalue weighted by Gasteiger charge is 2.51. The van der Waals surface area contributed by atoms with Gasteiger partial charge in [-0.25, -0.2) is 0 Å². The molecule has 0 bridgehead atoms. The lowest BCUT2D eigenvalue weighted by atomic mass is 9.97. The Labute approximate surface area is 421 Å². The number of nitrogens with one attached hydrogen (secondary N) is 1. The second-order valence-electron chi connectivity index (χ2n) is 19.0. The number of hydrogen-bond donors (Lipinski definition) is 9. The van der Waals surface area contributed by atoms with E-state index in [2.05, 4.69) is 92.1 Å². The first-order chi connectivity index (χ1) is 34.1. The highest BCUT2D eigenvalue weighted by molar-refractivity contribution is 5.76. The molecule has 0 aromatic rings. The van der Waals surface area contributed by atoms with Crippen LogP contribution in [0.2, 0.25) is 0 Å². The monoisotopic (exact) mass is 992 g/mol. The summed E-state index contributed by atoms with van der Waals surface area (Å²) in [5.74, 6) is -0.220. The summed E-state index contributed by atoms with van der Waals surface area (Å²) in [5, 5.41) is 86.4. The Morgan fingerprint density at radius 2 is 0.986 bits per heavy atom. The van der Waals surface area contributed by atoms with E-state index >= 15 is 0 Å². The predicted octanol–water partition coefficient (Wildman–Crippen LogP) is 7.99. The molecular weight excluding hydrogens is 895 g/mol. The first kappa shape index (κ1) is 63.5. The Kier molecular flexibility index (Phi) is 38.0. The smallest absolute Gasteiger partial charge is 0.220 e. The molecular formula is C56H97NO13. The van der Waals surface area contributed by atoms with Gasteiger partial charge in [0.15, 0.2) is 12.6 Å². The normalized spacial score (nSPS) is 26.5. The van der Waals surface area contributed by atoms with Crippen LogP contribution in [0.5, 0.6) is 0 Å². The van der Waals surface area contributed by atoms with E-state index in [0.29, 0.717) is 12.8 Å². The molecule has 0 spiro atoms. The van der Waals surface area contributed by atoms with E-state index in [1.54, 1.807) is 0 Å². The zero-order chi connectivity index (χ0) is 51.0. The number of hydrogen-bond acceptors (Lipinski definition) is 13. The summed E-state index contributed by atoms with van der Waals surface area (Å²) in [5.41, 5.74) is 0. The molecule has 2 saturated heterocycles. The van der Waals surface area contributed by atoms with E-state index in [9.17, 15) is 45.6 Å². The SMILES string of the molecule is CC/C=C\C/C=C\C/C=C\C/C=C\C/C=C\C/C=C\CCCCCCCCCCCCCCC(=O)NC(COC1OC(CO)C(OC2OC(CO)C(O)C(O)C2O)C(O)C1O)C(O)CCCCCCC. The van der Waals surface area contributed by atoms with E-state index in [0.717, 1.165) is 103 Å². The summed E-state index contributed by atoms with van der Waals surface area (Å²) in [6, 6.07) is -0.829. The molecule has 1 amide bonds. The van der Waals surface area contributed by atoms with E-state index < -0.39 is 86.8 Å². The van der Waals surface area contributed by atoms with Crippen molar-refractivity contribution in [3.63, 3.8) is 0 Å². The van der Waals surface area contributed by atoms with Crippen LogP contribution in [0.15, 0.2) is 72.9 Å². The van der Waals surface area contributed by atoms with Crippen LogP contribution in [0.25, 0.3) is 0 Å². The molecule has 2 fully saturated rings. The molecule has 2 aliphatic heterocycles. The zero-order valence-corrected chi connectivity index (χ0v) is 43.0. The number of ether oxygens (including phenoxy) is 4. The van der Waals surface area contributed by atoms with Crippen LogP contribution in [0, 0.1) is 0 Å². The average Bonchev–Trinajstić information content (AvgIpc) is 3.36. The highest BCUT2D eigenvalue weighted by Crippen LogP contribution is 2.30. The fourth-order valence-electron chi connectivity index (χ4n) is 8.53. The Bertz CT molecular complexity index is 1450. The lowest BCUT2D eigenvalue weighted by Crippen LogP contribution is -2.65. The van der Waals surface area contributed by atoms with E-state index in [1.807, 2.05) is 0 Å². The van der Waals surface area contributed by atoms with Gasteiger partial charge in [0.05, 0.1) is 32.0 Å². The topological polar surface area (TPSA) is 228 Å². The van der Waals surface area contributed by atoms with Crippen molar-refractivity contribution in [2.45, 2.75) is 254 Å². The summed E-state index contributed by atoms with van der Waals surface area (Å²) >= 11 is 0. The van der Waals surface area contributed by atoms with Gasteiger partial charge in [0, 0.05) is 6.42 Å². The van der Waals surface area contributed by atoms with Crippen LogP contribution >= 0.6 is 0 Å². The minimum atomic E-state index is -1.78. The fraction of sp³-hybridized carbons (Fsp3) is 0.768. The van der Waals surface area contributed by atoms with Crippen molar-refractivity contribution in [2.24, 2.45) is 0 Å². The van der Waals surface area contributed by atoms with Gasteiger partial charge < -0.3 is 65.1 Å². The molecule has 404 valence electrons. The molecule has 0 aromatic carbocycles. The van der Waals surface area contributed by atoms with Crippen molar-refractivity contribution < 1.29 is 64.6 Å². The lowest BCUT2D eigenvalue weighted by Gasteiger charge is -2.46. The summed E-state index contributed by atoms with van der Waals surface area (Å²) in [6.45, 7) is 2.62. The maximum absolute atomic E-state index is 13.1. The first-order valence-corrected chi connectivity index (χ1v) is 27.2. The van der Waals surface area contributed by atoms with E-state index in [1.165, 1.54) is 51.4 Å². The third-order valence-electron chi connectivity index (χ3n) is 12.9. The van der Waals surface area contributed by atoms with Gasteiger partial charge in [-0.3, -0.25) is 4.79 Å². The van der Waals surface area contributed by atoms with E-state index in [-0.39, 0.29) is 12.5 Å². The van der Waals surface area contributed by atoms with Crippen molar-refractivity contribution in [3.8, 4) is 0 Å². The Hall–Kier alpha value is -2.57. The zero-order valence-electron chi connectivity index (χ0n) is 43.0. The van der Waals surface area contributed by atoms with Crippen LogP contribution in [-0.2, 0) is 23.7 Å². The van der Waals surface area contributed by atoms with Gasteiger partial charge in [-0.05, 0) is 64.2 Å². The van der Waals surface area contributed by atoms with Crippen LogP contribution < -0.4 is 5.32 Å². The minimum absolute atomic E-state index is 0.220. The predicted molar refractivity (Wildman–Crippen MR) is 277 cm³/mol. The quantitative estimate of drug-likeness (QED) is 0.0209. The van der Waals surface area contributed by atoms with Crippen LogP contribution in [0.1, 0.15) is 181 Å². The molecule has 2 rings (SSSR count). The second kappa shape index (κ2) is 41.9. The summed E-state index contributed by atoms with van der Waals surface area (Å²) in [6.07, 6.45) is 36.9. The summed E-state index contributed by atoms with van der Waals surface area (Å²) in [7, 11) is 0. The van der Waals surface area contributed by atoms with Crippen LogP contribution in [-0.4, -0.2) is 140 Å². The van der Waals surface area contributed by atoms with Gasteiger partial charge in [-0.2, -0.15) is 0 Å². The van der Waals surface area contributed by atoms with Crippen LogP contribution in [0.4, 0.5) is 0 Å². The molecule has 14 nitrogen and oxygen atoms in total. The van der Waals surface area contributed by atoms with Crippen molar-refractivity contribution in [1.29, 1.82) is 0 Å². The molecule has 12 unspecified atom stereocenters. The molecule has 2 heterocycles. The summed E-state index contributed by atoms with van der Waals surface area (Å²) < 4.78 is 22.6. The Balaban J connectivity index is 1.59. The molecule has 9 N–H and O–H groups in total. The number of carbonyl (C=O) groups is 1. The summed E-state index contributed by atoms with van der Waals surface area (Å²) in [4.78, 5) is 13.1. The lowest BCUT2D eigenvalue weighted by molar-refractivity contribution is -0.359. The van der Waals surface area contributed by atoms with E-state index in [4.69, 9.17) is 18.9 Å². The standard InChI is InChI=1S/C56H97NO13/c1-3-5-7-9-10-11-12-13-14-15-16-17-18-19-20-21-22-23-24-25-26-27-28-29-30-31-32-33-34-36-38-40-48(61)57-44(45(60)39-37-35-8-6-4-2)43-67-55-53(66)51(64)54(47(42-59)69-55)70-56-52(65)50(63)49(62)46(41-58)68-56/h5,7,10-11,13-14,16-17,19-20,22-23,44-47,49-56,58-60,62-66H,3-4,6,8-9,12,15,18,21,24-43H2,1-2H3,(H,57,61)/b7-5-,11-10-,14-13-,17-16-,20-19-,23-22-. The second-order valence-corrected chi connectivity index (χ2v) is 19.0. The maximum atomic E-state index is 13.1. The number of carbonyl (C=O) groups excluding carboxylic acids is 1. The molecule has 0 radical (unpaired) electrons. The van der Waals surface area contributed by atoms with Crippen molar-refractivity contribution in [3.05, 3.63) is 72.9 Å². The first-order valence-electron chi connectivity index (χ1n) is 27.2. The fourth-order valence-corrected chi connectivity index (χ4v) is 8.53. The van der Waals surface area contributed by atoms with Gasteiger partial charge in [-0.1, -0.05) is 183 Å². The molecule has 14 heteroatoms. The molecule has 0 aliphatic carbocycles. The largest absolute Gasteiger partial charge is 0.394 e. The molecule has 0 aromatic heterocycles. The Morgan fingerprint density at radius 1 is 0.529 bits per heavy atom. The van der Waals surface area contributed by atoms with Crippen molar-refractivity contribution in [1.82, 2.24) is 5.32 Å². The Morgan fingerprint density at radius 3 is 1.51 bits per heavy atom. The maximum Gasteiger partial charge on any atom is 0.220 e. The molecule has 12 atom stereocenters. The highest BCUT2D eigenvalue weighted by atomic mass is 16.7. The van der Waals surface area contributed by atoms with Crippen molar-refractivity contribution >= 4 is 5.91 Å². The number of unbranched alkanes of at least 4 members (excludes halogenated alkanes) is 16. The van der Waals surface area contributed by atoms with Gasteiger partial charge in [0.2, 0.25) is 5.91 Å². The molecule has 0 saturated carbocycles.